The number of carboxylic acid groups (broad SMARTS) is 1. The molecule has 3 atom stereocenters. The molecule has 1 heterocycles. The van der Waals surface area contributed by atoms with Gasteiger partial charge in [0, 0.05) is 62.1 Å². The van der Waals surface area contributed by atoms with E-state index in [0.717, 1.165) is 29.0 Å². The Hall–Kier alpha value is -0.646. The molecule has 1 N–H and O–H groups in total. The molecule has 0 fully saturated rings. The number of unbranched alkanes of at least 4 members (excludes halogenated alkanes) is 2. The second-order valence-electron chi connectivity index (χ2n) is 10.6. The molecule has 3 rings (SSSR count). The molecule has 1 aromatic rings. The molecule has 193 valence electrons. The van der Waals surface area contributed by atoms with Gasteiger partial charge in [0.15, 0.2) is 0 Å². The maximum absolute atomic E-state index is 12.4. The quantitative estimate of drug-likeness (QED) is 0.237. The van der Waals surface area contributed by atoms with Crippen LogP contribution in [0.5, 0.6) is 11.5 Å². The van der Waals surface area contributed by atoms with Crippen molar-refractivity contribution >= 4 is 14.8 Å². The first-order valence-electron chi connectivity index (χ1n) is 12.0. The van der Waals surface area contributed by atoms with Crippen LogP contribution in [0.15, 0.2) is 23.8 Å². The van der Waals surface area contributed by atoms with Crippen LogP contribution in [0.3, 0.4) is 0 Å². The third-order valence-electron chi connectivity index (χ3n) is 7.31. The Morgan fingerprint density at radius 1 is 1.20 bits per heavy atom. The largest absolute Gasteiger partial charge is 0.487 e. The van der Waals surface area contributed by atoms with Gasteiger partial charge in [-0.15, -0.1) is 0 Å². The number of fused-ring (bicyclic) bond motifs is 3. The minimum absolute atomic E-state index is 0. The molecule has 3 unspecified atom stereocenters. The Balaban J connectivity index is 0.00000432. The van der Waals surface area contributed by atoms with Crippen molar-refractivity contribution in [3.05, 3.63) is 34.9 Å². The van der Waals surface area contributed by atoms with Crippen molar-refractivity contribution in [2.24, 2.45) is 5.92 Å². The fraction of sp³-hybridized carbons (Fsp3) is 0.654. The number of allylic oxidation sites excluding steroid dienone is 1. The zero-order valence-corrected chi connectivity index (χ0v) is 25.1. The molecule has 0 aromatic heterocycles. The van der Waals surface area contributed by atoms with Gasteiger partial charge < -0.3 is 14.4 Å². The van der Waals surface area contributed by atoms with E-state index < -0.39 is 24.2 Å². The maximum Gasteiger partial charge on any atom is 0.389 e. The molecule has 1 aliphatic heterocycles. The molecule has 0 amide bonds. The Bertz CT molecular complexity index is 943. The number of rotatable bonds is 9. The minimum atomic E-state index is -4.10. The number of ether oxygens (including phenoxy) is 1. The van der Waals surface area contributed by atoms with Crippen molar-refractivity contribution in [1.29, 1.82) is 0 Å². The molecule has 9 heteroatoms. The van der Waals surface area contributed by atoms with Crippen molar-refractivity contribution in [3.63, 3.8) is 0 Å². The van der Waals surface area contributed by atoms with Gasteiger partial charge in [-0.2, -0.15) is 13.2 Å². The number of alkyl halides is 3. The van der Waals surface area contributed by atoms with Crippen LogP contribution in [0.25, 0.3) is 0 Å². The van der Waals surface area contributed by atoms with Gasteiger partial charge in [-0.25, -0.2) is 4.79 Å². The molecular formula is C26H36F3O4PY. The van der Waals surface area contributed by atoms with E-state index in [1.54, 1.807) is 0 Å². The van der Waals surface area contributed by atoms with Crippen molar-refractivity contribution in [1.82, 2.24) is 0 Å². The third kappa shape index (κ3) is 7.45. The van der Waals surface area contributed by atoms with Crippen LogP contribution in [0, 0.1) is 5.92 Å². The summed E-state index contributed by atoms with van der Waals surface area (Å²) in [4.78, 5) is 11.7. The van der Waals surface area contributed by atoms with E-state index >= 15 is 0 Å². The number of halogens is 3. The summed E-state index contributed by atoms with van der Waals surface area (Å²) in [7, 11) is 0.216. The first kappa shape index (κ1) is 30.6. The predicted molar refractivity (Wildman–Crippen MR) is 129 cm³/mol. The number of aliphatic carboxylic acids is 1. The smallest absolute Gasteiger partial charge is 0.389 e. The van der Waals surface area contributed by atoms with E-state index in [-0.39, 0.29) is 65.2 Å². The summed E-state index contributed by atoms with van der Waals surface area (Å²) < 4.78 is 49.9. The molecule has 1 aromatic carbocycles. The fourth-order valence-electron chi connectivity index (χ4n) is 5.35. The first-order chi connectivity index (χ1) is 15.7. The molecule has 1 radical (unpaired) electrons. The summed E-state index contributed by atoms with van der Waals surface area (Å²) in [5, 5.41) is 9.60. The van der Waals surface area contributed by atoms with Crippen LogP contribution in [0.1, 0.15) is 89.7 Å². The van der Waals surface area contributed by atoms with Crippen molar-refractivity contribution in [2.75, 3.05) is 6.66 Å². The number of carboxylic acids is 1. The van der Waals surface area contributed by atoms with Crippen molar-refractivity contribution < 1.29 is 65.0 Å². The molecule has 1 aliphatic carbocycles. The van der Waals surface area contributed by atoms with E-state index in [4.69, 9.17) is 9.26 Å². The summed E-state index contributed by atoms with van der Waals surface area (Å²) in [6.45, 7) is 10.2. The molecular weight excluding hydrogens is 553 g/mol. The summed E-state index contributed by atoms with van der Waals surface area (Å²) in [5.41, 5.74) is 1.65. The van der Waals surface area contributed by atoms with E-state index in [1.165, 1.54) is 0 Å². The van der Waals surface area contributed by atoms with Gasteiger partial charge in [0.2, 0.25) is 0 Å². The second kappa shape index (κ2) is 11.8. The van der Waals surface area contributed by atoms with E-state index in [0.29, 0.717) is 31.3 Å². The standard InChI is InChI=1S/C26H36F3O4P.Y/c1-24(2,11-7-6-8-12-26(27,28)29)17-14-20-22(21(15-17)33-34-5)18-13-16(23(30)31)9-10-19(18)25(3,4)32-20;/h9,14-15,18-19,34H,6-8,10-13H2,1-5H3,(H,30,31);. The van der Waals surface area contributed by atoms with E-state index in [1.807, 2.05) is 38.7 Å². The molecule has 0 saturated carbocycles. The van der Waals surface area contributed by atoms with Gasteiger partial charge in [-0.05, 0) is 69.3 Å². The number of hydrogen-bond donors (Lipinski definition) is 1. The van der Waals surface area contributed by atoms with E-state index in [2.05, 4.69) is 13.8 Å². The predicted octanol–water partition coefficient (Wildman–Crippen LogP) is 7.75. The van der Waals surface area contributed by atoms with Gasteiger partial charge in [-0.3, -0.25) is 0 Å². The van der Waals surface area contributed by atoms with Crippen LogP contribution in [0.4, 0.5) is 13.2 Å². The molecule has 0 saturated heterocycles. The normalized spacial score (nSPS) is 21.4. The zero-order valence-electron chi connectivity index (χ0n) is 21.2. The van der Waals surface area contributed by atoms with Gasteiger partial charge in [0.1, 0.15) is 17.1 Å². The summed E-state index contributed by atoms with van der Waals surface area (Å²) in [5.74, 6) is 0.704. The summed E-state index contributed by atoms with van der Waals surface area (Å²) >= 11 is 0. The van der Waals surface area contributed by atoms with Gasteiger partial charge in [-0.1, -0.05) is 32.8 Å². The Morgan fingerprint density at radius 3 is 2.46 bits per heavy atom. The molecule has 4 nitrogen and oxygen atoms in total. The minimum Gasteiger partial charge on any atom is -0.487 e. The van der Waals surface area contributed by atoms with Crippen molar-refractivity contribution in [3.8, 4) is 11.5 Å². The Labute approximate surface area is 233 Å². The Kier molecular flexibility index (Phi) is 10.3. The first-order valence-corrected chi connectivity index (χ1v) is 13.4. The second-order valence-corrected chi connectivity index (χ2v) is 11.3. The molecule has 2 aliphatic rings. The zero-order chi connectivity index (χ0) is 25.3. The van der Waals surface area contributed by atoms with Gasteiger partial charge in [0.25, 0.3) is 0 Å². The van der Waals surface area contributed by atoms with E-state index in [9.17, 15) is 23.1 Å². The number of carbonyl (C=O) groups is 1. The molecule has 0 bridgehead atoms. The van der Waals surface area contributed by atoms with Crippen LogP contribution in [-0.4, -0.2) is 29.5 Å². The fourth-order valence-corrected chi connectivity index (χ4v) is 5.74. The van der Waals surface area contributed by atoms with Crippen LogP contribution < -0.4 is 9.26 Å². The van der Waals surface area contributed by atoms with Crippen LogP contribution in [0.2, 0.25) is 0 Å². The molecule has 0 spiro atoms. The van der Waals surface area contributed by atoms with Gasteiger partial charge in [0.05, 0.1) is 8.81 Å². The van der Waals surface area contributed by atoms with Crippen molar-refractivity contribution in [2.45, 2.75) is 95.8 Å². The monoisotopic (exact) mass is 589 g/mol. The average molecular weight is 589 g/mol. The Morgan fingerprint density at radius 2 is 1.86 bits per heavy atom. The van der Waals surface area contributed by atoms with Crippen LogP contribution in [-0.2, 0) is 42.9 Å². The molecule has 35 heavy (non-hydrogen) atoms. The van der Waals surface area contributed by atoms with Gasteiger partial charge >= 0.3 is 12.1 Å². The average Bonchev–Trinajstić information content (AvgIpc) is 2.71. The maximum atomic E-state index is 12.4. The van der Waals surface area contributed by atoms with Crippen LogP contribution >= 0.6 is 8.81 Å². The summed E-state index contributed by atoms with van der Waals surface area (Å²) in [6.07, 6.45) is 0.188. The third-order valence-corrected chi connectivity index (χ3v) is 7.74. The number of hydrogen-bond acceptors (Lipinski definition) is 3. The number of benzene rings is 1. The topological polar surface area (TPSA) is 55.8 Å². The summed E-state index contributed by atoms with van der Waals surface area (Å²) in [6, 6.07) is 4.07. The SMILES string of the molecule is CPOc1cc(C(C)(C)CCCCCC(F)(F)F)cc2c1C1CC(C(=O)O)=CCC1C(C)(C)O2.[Y].